The van der Waals surface area contributed by atoms with Gasteiger partial charge in [-0.25, -0.2) is 4.98 Å². The van der Waals surface area contributed by atoms with Gasteiger partial charge in [-0.05, 0) is 55.9 Å². The van der Waals surface area contributed by atoms with E-state index in [4.69, 9.17) is 14.5 Å². The molecule has 0 saturated heterocycles. The zero-order chi connectivity index (χ0) is 24.2. The molecule has 1 aromatic heterocycles. The number of hydrogen-bond acceptors (Lipinski definition) is 4. The first-order chi connectivity index (χ1) is 17.2. The fourth-order valence-electron chi connectivity index (χ4n) is 6.02. The molecule has 186 valence electrons. The molecule has 1 heterocycles. The van der Waals surface area contributed by atoms with Gasteiger partial charge in [0, 0.05) is 12.1 Å². The molecular weight excluding hydrogens is 438 g/mol. The van der Waals surface area contributed by atoms with Crippen molar-refractivity contribution in [2.75, 3.05) is 14.2 Å². The number of benzene rings is 2. The highest BCUT2D eigenvalue weighted by atomic mass is 16.5. The number of para-hydroxylation sites is 2. The van der Waals surface area contributed by atoms with Crippen LogP contribution in [0.3, 0.4) is 0 Å². The summed E-state index contributed by atoms with van der Waals surface area (Å²) in [6.45, 7) is 0. The molecule has 3 aromatic rings. The molecule has 1 amide bonds. The summed E-state index contributed by atoms with van der Waals surface area (Å²) in [5.74, 6) is 2.62. The van der Waals surface area contributed by atoms with Crippen LogP contribution in [0.2, 0.25) is 0 Å². The molecule has 2 aliphatic carbocycles. The van der Waals surface area contributed by atoms with E-state index in [0.29, 0.717) is 5.75 Å². The van der Waals surface area contributed by atoms with Crippen molar-refractivity contribution in [1.82, 2.24) is 14.9 Å². The number of rotatable bonds is 7. The average Bonchev–Trinajstić information content (AvgIpc) is 3.28. The summed E-state index contributed by atoms with van der Waals surface area (Å²) in [6, 6.07) is 13.9. The number of nitrogens with zero attached hydrogens (tertiary/aromatic N) is 2. The Kier molecular flexibility index (Phi) is 7.26. The lowest BCUT2D eigenvalue weighted by Crippen LogP contribution is -2.43. The van der Waals surface area contributed by atoms with Gasteiger partial charge in [0.25, 0.3) is 0 Å². The topological polar surface area (TPSA) is 65.4 Å². The number of nitrogens with one attached hydrogen (secondary N) is 1. The maximum atomic E-state index is 14.1. The van der Waals surface area contributed by atoms with Gasteiger partial charge in [0.05, 0.1) is 30.8 Å². The average molecular weight is 476 g/mol. The van der Waals surface area contributed by atoms with Gasteiger partial charge in [-0.15, -0.1) is 0 Å². The molecule has 0 radical (unpaired) electrons. The largest absolute Gasteiger partial charge is 0.497 e. The normalized spacial score (nSPS) is 18.3. The predicted molar refractivity (Wildman–Crippen MR) is 139 cm³/mol. The molecule has 1 N–H and O–H groups in total. The number of imidazole rings is 1. The van der Waals surface area contributed by atoms with Gasteiger partial charge in [0.1, 0.15) is 23.4 Å². The van der Waals surface area contributed by atoms with E-state index in [1.165, 1.54) is 38.5 Å². The minimum atomic E-state index is -0.300. The van der Waals surface area contributed by atoms with Crippen molar-refractivity contribution in [2.24, 2.45) is 5.92 Å². The number of carbonyl (C=O) groups excluding carboxylic acids is 1. The molecule has 2 aliphatic rings. The highest BCUT2D eigenvalue weighted by Gasteiger charge is 2.35. The molecule has 35 heavy (non-hydrogen) atoms. The molecule has 6 heteroatoms. The fourth-order valence-corrected chi connectivity index (χ4v) is 6.02. The molecule has 2 saturated carbocycles. The van der Waals surface area contributed by atoms with Gasteiger partial charge in [0.15, 0.2) is 0 Å². The Labute approximate surface area is 208 Å². The second-order valence-corrected chi connectivity index (χ2v) is 10.0. The molecule has 2 aromatic carbocycles. The van der Waals surface area contributed by atoms with E-state index >= 15 is 0 Å². The summed E-state index contributed by atoms with van der Waals surface area (Å²) in [7, 11) is 3.32. The minimum Gasteiger partial charge on any atom is -0.497 e. The standard InChI is InChI=1S/C29H37N3O3/c1-34-22-17-18-23(26(19-22)35-2)28-31-24-15-9-10-16-25(24)32(28)27(20-11-5-3-6-12-20)29(33)30-21-13-7-4-8-14-21/h9-10,15-21,27H,3-8,11-14H2,1-2H3,(H,30,33)/t27-/m0/s1. The van der Waals surface area contributed by atoms with Gasteiger partial charge in [-0.3, -0.25) is 4.79 Å². The summed E-state index contributed by atoms with van der Waals surface area (Å²) in [5, 5.41) is 3.46. The number of hydrogen-bond donors (Lipinski definition) is 1. The minimum absolute atomic E-state index is 0.140. The van der Waals surface area contributed by atoms with Crippen LogP contribution in [0.15, 0.2) is 42.5 Å². The number of methoxy groups -OCH3 is 2. The van der Waals surface area contributed by atoms with E-state index in [9.17, 15) is 4.79 Å². The number of ether oxygens (including phenoxy) is 2. The van der Waals surface area contributed by atoms with Crippen LogP contribution in [0, 0.1) is 5.92 Å². The zero-order valence-electron chi connectivity index (χ0n) is 21.0. The molecule has 6 nitrogen and oxygen atoms in total. The van der Waals surface area contributed by atoms with Crippen LogP contribution in [0.4, 0.5) is 0 Å². The lowest BCUT2D eigenvalue weighted by atomic mass is 9.82. The molecule has 0 bridgehead atoms. The van der Waals surface area contributed by atoms with Gasteiger partial charge in [0.2, 0.25) is 5.91 Å². The summed E-state index contributed by atoms with van der Waals surface area (Å²) in [4.78, 5) is 19.1. The molecular formula is C29H37N3O3. The molecule has 0 unspecified atom stereocenters. The van der Waals surface area contributed by atoms with Crippen LogP contribution in [-0.4, -0.2) is 35.7 Å². The number of carbonyl (C=O) groups is 1. The Hall–Kier alpha value is -3.02. The predicted octanol–water partition coefficient (Wildman–Crippen LogP) is 6.29. The van der Waals surface area contributed by atoms with Crippen LogP contribution in [0.25, 0.3) is 22.4 Å². The van der Waals surface area contributed by atoms with E-state index in [1.807, 2.05) is 36.4 Å². The van der Waals surface area contributed by atoms with Crippen molar-refractivity contribution >= 4 is 16.9 Å². The third kappa shape index (κ3) is 4.89. The van der Waals surface area contributed by atoms with E-state index in [2.05, 4.69) is 16.0 Å². The number of fused-ring (bicyclic) bond motifs is 1. The van der Waals surface area contributed by atoms with Crippen molar-refractivity contribution < 1.29 is 14.3 Å². The molecule has 5 rings (SSSR count). The maximum absolute atomic E-state index is 14.1. The Morgan fingerprint density at radius 2 is 1.66 bits per heavy atom. The van der Waals surface area contributed by atoms with E-state index in [0.717, 1.165) is 53.9 Å². The summed E-state index contributed by atoms with van der Waals surface area (Å²) >= 11 is 0. The van der Waals surface area contributed by atoms with Gasteiger partial charge in [-0.2, -0.15) is 0 Å². The van der Waals surface area contributed by atoms with Crippen LogP contribution in [0.1, 0.15) is 70.3 Å². The van der Waals surface area contributed by atoms with Crippen LogP contribution in [0.5, 0.6) is 11.5 Å². The van der Waals surface area contributed by atoms with Crippen LogP contribution in [-0.2, 0) is 4.79 Å². The smallest absolute Gasteiger partial charge is 0.243 e. The van der Waals surface area contributed by atoms with Crippen LogP contribution < -0.4 is 14.8 Å². The van der Waals surface area contributed by atoms with E-state index in [1.54, 1.807) is 14.2 Å². The summed E-state index contributed by atoms with van der Waals surface area (Å²) in [5.41, 5.74) is 2.76. The molecule has 1 atom stereocenters. The van der Waals surface area contributed by atoms with Crippen molar-refractivity contribution in [1.29, 1.82) is 0 Å². The van der Waals surface area contributed by atoms with Crippen molar-refractivity contribution in [3.05, 3.63) is 42.5 Å². The van der Waals surface area contributed by atoms with E-state index in [-0.39, 0.29) is 23.9 Å². The van der Waals surface area contributed by atoms with E-state index < -0.39 is 0 Å². The Morgan fingerprint density at radius 1 is 0.943 bits per heavy atom. The fraction of sp³-hybridized carbons (Fsp3) is 0.517. The first kappa shape index (κ1) is 23.7. The first-order valence-corrected chi connectivity index (χ1v) is 13.2. The Morgan fingerprint density at radius 3 is 2.37 bits per heavy atom. The SMILES string of the molecule is COc1ccc(-c2nc3ccccc3n2[C@H](C(=O)NC2CCCCC2)C2CCCCC2)c(OC)c1. The second-order valence-electron chi connectivity index (χ2n) is 10.0. The summed E-state index contributed by atoms with van der Waals surface area (Å²) in [6.07, 6.45) is 11.5. The van der Waals surface area contributed by atoms with Crippen molar-refractivity contribution in [3.63, 3.8) is 0 Å². The monoisotopic (exact) mass is 475 g/mol. The third-order valence-corrected chi connectivity index (χ3v) is 7.84. The van der Waals surface area contributed by atoms with Gasteiger partial charge in [-0.1, -0.05) is 50.7 Å². The summed E-state index contributed by atoms with van der Waals surface area (Å²) < 4.78 is 13.4. The molecule has 2 fully saturated rings. The lowest BCUT2D eigenvalue weighted by Gasteiger charge is -2.34. The van der Waals surface area contributed by atoms with Crippen molar-refractivity contribution in [2.45, 2.75) is 76.3 Å². The maximum Gasteiger partial charge on any atom is 0.243 e. The second kappa shape index (κ2) is 10.7. The number of aromatic nitrogens is 2. The highest BCUT2D eigenvalue weighted by Crippen LogP contribution is 2.41. The van der Waals surface area contributed by atoms with Crippen molar-refractivity contribution in [3.8, 4) is 22.9 Å². The Bertz CT molecular complexity index is 1160. The zero-order valence-corrected chi connectivity index (χ0v) is 21.0. The lowest BCUT2D eigenvalue weighted by molar-refractivity contribution is -0.127. The highest BCUT2D eigenvalue weighted by molar-refractivity contribution is 5.88. The number of amides is 1. The van der Waals surface area contributed by atoms with Gasteiger partial charge < -0.3 is 19.4 Å². The third-order valence-electron chi connectivity index (χ3n) is 7.84. The first-order valence-electron chi connectivity index (χ1n) is 13.2. The Balaban J connectivity index is 1.64. The van der Waals surface area contributed by atoms with Crippen LogP contribution >= 0.6 is 0 Å². The quantitative estimate of drug-likeness (QED) is 0.436. The molecule has 0 spiro atoms. The molecule has 0 aliphatic heterocycles. The van der Waals surface area contributed by atoms with Gasteiger partial charge >= 0.3 is 0 Å².